The fourth-order valence-corrected chi connectivity index (χ4v) is 2.78. The third-order valence-corrected chi connectivity index (χ3v) is 4.02. The van der Waals surface area contributed by atoms with Crippen molar-refractivity contribution in [1.29, 1.82) is 0 Å². The second-order valence-corrected chi connectivity index (χ2v) is 7.65. The van der Waals surface area contributed by atoms with Crippen molar-refractivity contribution in [2.24, 2.45) is 0 Å². The van der Waals surface area contributed by atoms with E-state index in [1.54, 1.807) is 4.90 Å². The molecule has 0 radical (unpaired) electrons. The van der Waals surface area contributed by atoms with E-state index in [9.17, 15) is 13.6 Å². The first-order chi connectivity index (χ1) is 14.2. The summed E-state index contributed by atoms with van der Waals surface area (Å²) in [6, 6.07) is 1.27. The number of rotatable bonds is 6. The number of carbonyl (C=O) groups excluding carboxylic acids is 1. The van der Waals surface area contributed by atoms with Gasteiger partial charge in [-0.3, -0.25) is 10.1 Å². The van der Waals surface area contributed by atoms with Crippen LogP contribution >= 0.6 is 0 Å². The molecule has 30 heavy (non-hydrogen) atoms. The first-order valence-corrected chi connectivity index (χ1v) is 9.42. The van der Waals surface area contributed by atoms with Gasteiger partial charge in [-0.05, 0) is 20.8 Å². The average molecular weight is 426 g/mol. The van der Waals surface area contributed by atoms with Crippen LogP contribution in [0.1, 0.15) is 33.6 Å². The van der Waals surface area contributed by atoms with Gasteiger partial charge < -0.3 is 24.4 Å². The molecule has 164 valence electrons. The SMILES string of the molecule is CC(C)(C)OC(=O)N1CCC(Oc2cncc(Nc3cc(OC(F)F)n[nH]3)n2)CC1. The summed E-state index contributed by atoms with van der Waals surface area (Å²) in [5.74, 6) is 0.706. The zero-order valence-corrected chi connectivity index (χ0v) is 16.9. The highest BCUT2D eigenvalue weighted by Crippen LogP contribution is 2.22. The van der Waals surface area contributed by atoms with Gasteiger partial charge in [0.05, 0.1) is 12.4 Å². The number of hydrogen-bond donors (Lipinski definition) is 2. The Balaban J connectivity index is 1.51. The molecule has 1 fully saturated rings. The van der Waals surface area contributed by atoms with Crippen LogP contribution in [-0.4, -0.2) is 62.6 Å². The lowest BCUT2D eigenvalue weighted by Gasteiger charge is -2.33. The van der Waals surface area contributed by atoms with Crippen LogP contribution in [0.25, 0.3) is 0 Å². The van der Waals surface area contributed by atoms with E-state index in [0.29, 0.717) is 43.4 Å². The van der Waals surface area contributed by atoms with Gasteiger partial charge >= 0.3 is 12.7 Å². The van der Waals surface area contributed by atoms with E-state index in [0.717, 1.165) is 0 Å². The Morgan fingerprint density at radius 3 is 2.67 bits per heavy atom. The molecule has 0 bridgehead atoms. The molecule has 1 amide bonds. The molecule has 1 aliphatic heterocycles. The van der Waals surface area contributed by atoms with Gasteiger partial charge in [-0.2, -0.15) is 13.8 Å². The Labute approximate surface area is 171 Å². The number of anilines is 2. The summed E-state index contributed by atoms with van der Waals surface area (Å²) in [5, 5.41) is 8.97. The number of halogens is 2. The Kier molecular flexibility index (Phi) is 6.53. The normalized spacial score (nSPS) is 15.2. The molecule has 2 aromatic rings. The van der Waals surface area contributed by atoms with Crippen LogP contribution in [0.2, 0.25) is 0 Å². The number of piperidine rings is 1. The number of likely N-dealkylation sites (tertiary alicyclic amines) is 1. The maximum absolute atomic E-state index is 12.2. The average Bonchev–Trinajstić information content (AvgIpc) is 3.07. The molecule has 10 nitrogen and oxygen atoms in total. The summed E-state index contributed by atoms with van der Waals surface area (Å²) >= 11 is 0. The molecule has 12 heteroatoms. The summed E-state index contributed by atoms with van der Waals surface area (Å²) < 4.78 is 39.9. The fourth-order valence-electron chi connectivity index (χ4n) is 2.78. The van der Waals surface area contributed by atoms with Crippen LogP contribution < -0.4 is 14.8 Å². The van der Waals surface area contributed by atoms with Gasteiger partial charge in [0.15, 0.2) is 5.82 Å². The number of nitrogens with one attached hydrogen (secondary N) is 2. The van der Waals surface area contributed by atoms with Crippen LogP contribution in [0.3, 0.4) is 0 Å². The molecule has 1 aliphatic rings. The number of aromatic nitrogens is 4. The Bertz CT molecular complexity index is 849. The summed E-state index contributed by atoms with van der Waals surface area (Å²) in [6.45, 7) is 3.57. The lowest BCUT2D eigenvalue weighted by Crippen LogP contribution is -2.44. The Morgan fingerprint density at radius 1 is 1.27 bits per heavy atom. The van der Waals surface area contributed by atoms with Gasteiger partial charge in [0.2, 0.25) is 11.8 Å². The minimum Gasteiger partial charge on any atom is -0.473 e. The molecule has 0 aliphatic carbocycles. The second kappa shape index (κ2) is 9.09. The fraction of sp³-hybridized carbons (Fsp3) is 0.556. The standard InChI is InChI=1S/C18H24F2N6O4/c1-18(2,3)30-17(27)26-6-4-11(5-7-26)28-15-10-21-9-13(23-15)22-12-8-14(25-24-12)29-16(19)20/h8-11,16H,4-7H2,1-3H3,(H2,22,23,24,25). The summed E-state index contributed by atoms with van der Waals surface area (Å²) in [4.78, 5) is 22.2. The number of amides is 1. The van der Waals surface area contributed by atoms with E-state index in [-0.39, 0.29) is 18.1 Å². The van der Waals surface area contributed by atoms with Gasteiger partial charge in [0, 0.05) is 32.0 Å². The molecule has 1 saturated heterocycles. The summed E-state index contributed by atoms with van der Waals surface area (Å²) in [7, 11) is 0. The number of carbonyl (C=O) groups is 1. The molecular weight excluding hydrogens is 402 g/mol. The molecule has 0 saturated carbocycles. The highest BCUT2D eigenvalue weighted by molar-refractivity contribution is 5.68. The second-order valence-electron chi connectivity index (χ2n) is 7.65. The molecule has 0 atom stereocenters. The van der Waals surface area contributed by atoms with Crippen LogP contribution in [0, 0.1) is 0 Å². The Morgan fingerprint density at radius 2 is 2.00 bits per heavy atom. The molecule has 2 aromatic heterocycles. The third kappa shape index (κ3) is 6.42. The van der Waals surface area contributed by atoms with E-state index in [1.807, 2.05) is 20.8 Å². The molecule has 0 unspecified atom stereocenters. The summed E-state index contributed by atoms with van der Waals surface area (Å²) in [6.07, 6.45) is 3.74. The van der Waals surface area contributed by atoms with Crippen molar-refractivity contribution in [3.63, 3.8) is 0 Å². The van der Waals surface area contributed by atoms with Crippen molar-refractivity contribution >= 4 is 17.7 Å². The van der Waals surface area contributed by atoms with Gasteiger partial charge in [0.1, 0.15) is 17.5 Å². The van der Waals surface area contributed by atoms with Crippen LogP contribution in [-0.2, 0) is 4.74 Å². The first-order valence-electron chi connectivity index (χ1n) is 9.42. The quantitative estimate of drug-likeness (QED) is 0.723. The van der Waals surface area contributed by atoms with Gasteiger partial charge in [-0.1, -0.05) is 0 Å². The topological polar surface area (TPSA) is 114 Å². The number of H-pyrrole nitrogens is 1. The highest BCUT2D eigenvalue weighted by atomic mass is 19.3. The molecule has 3 heterocycles. The smallest absolute Gasteiger partial charge is 0.410 e. The van der Waals surface area contributed by atoms with Crippen molar-refractivity contribution in [2.45, 2.75) is 51.9 Å². The zero-order chi connectivity index (χ0) is 21.7. The molecule has 2 N–H and O–H groups in total. The Hall–Kier alpha value is -3.18. The van der Waals surface area contributed by atoms with E-state index < -0.39 is 12.2 Å². The van der Waals surface area contributed by atoms with Crippen molar-refractivity contribution in [3.05, 3.63) is 18.5 Å². The third-order valence-electron chi connectivity index (χ3n) is 4.02. The molecule has 3 rings (SSSR count). The van der Waals surface area contributed by atoms with E-state index in [2.05, 4.69) is 30.2 Å². The van der Waals surface area contributed by atoms with Crippen LogP contribution in [0.4, 0.5) is 25.2 Å². The molecule has 0 spiro atoms. The van der Waals surface area contributed by atoms with Gasteiger partial charge in [-0.25, -0.2) is 4.79 Å². The van der Waals surface area contributed by atoms with Crippen LogP contribution in [0.15, 0.2) is 18.5 Å². The largest absolute Gasteiger partial charge is 0.473 e. The number of nitrogens with zero attached hydrogens (tertiary/aromatic N) is 4. The number of aromatic amines is 1. The lowest BCUT2D eigenvalue weighted by atomic mass is 10.1. The van der Waals surface area contributed by atoms with Crippen molar-refractivity contribution in [1.82, 2.24) is 25.1 Å². The highest BCUT2D eigenvalue weighted by Gasteiger charge is 2.27. The van der Waals surface area contributed by atoms with Crippen molar-refractivity contribution in [2.75, 3.05) is 18.4 Å². The first kappa shape index (κ1) is 21.5. The van der Waals surface area contributed by atoms with Crippen molar-refractivity contribution in [3.8, 4) is 11.8 Å². The van der Waals surface area contributed by atoms with Gasteiger partial charge in [-0.15, -0.1) is 5.10 Å². The van der Waals surface area contributed by atoms with Crippen LogP contribution in [0.5, 0.6) is 11.8 Å². The molecular formula is C18H24F2N6O4. The van der Waals surface area contributed by atoms with Gasteiger partial charge in [0.25, 0.3) is 0 Å². The minimum absolute atomic E-state index is 0.119. The maximum atomic E-state index is 12.2. The predicted molar refractivity (Wildman–Crippen MR) is 102 cm³/mol. The lowest BCUT2D eigenvalue weighted by molar-refractivity contribution is -0.0528. The minimum atomic E-state index is -2.96. The van der Waals surface area contributed by atoms with Crippen molar-refractivity contribution < 1.29 is 27.8 Å². The summed E-state index contributed by atoms with van der Waals surface area (Å²) in [5.41, 5.74) is -0.533. The number of alkyl halides is 2. The van der Waals surface area contributed by atoms with E-state index in [1.165, 1.54) is 18.5 Å². The number of hydrogen-bond acceptors (Lipinski definition) is 8. The van der Waals surface area contributed by atoms with E-state index in [4.69, 9.17) is 9.47 Å². The predicted octanol–water partition coefficient (Wildman–Crippen LogP) is 3.32. The van der Waals surface area contributed by atoms with E-state index >= 15 is 0 Å². The number of ether oxygens (including phenoxy) is 3. The zero-order valence-electron chi connectivity index (χ0n) is 16.9. The maximum Gasteiger partial charge on any atom is 0.410 e. The molecule has 0 aromatic carbocycles. The monoisotopic (exact) mass is 426 g/mol.